The molecule has 0 bridgehead atoms. The fraction of sp³-hybridized carbons (Fsp3) is 0.462. The van der Waals surface area contributed by atoms with Crippen molar-refractivity contribution in [3.63, 3.8) is 0 Å². The molecule has 37 heavy (non-hydrogen) atoms. The highest BCUT2D eigenvalue weighted by Gasteiger charge is 2.31. The number of ether oxygens (including phenoxy) is 1. The molecule has 194 valence electrons. The first kappa shape index (κ1) is 25.2. The summed E-state index contributed by atoms with van der Waals surface area (Å²) in [5.74, 6) is 0.682. The number of rotatable bonds is 3. The van der Waals surface area contributed by atoms with E-state index in [9.17, 15) is 13.2 Å². The van der Waals surface area contributed by atoms with Crippen LogP contribution in [0.1, 0.15) is 67.3 Å². The molecule has 0 aromatic carbocycles. The average molecular weight is 512 g/mol. The Hall–Kier alpha value is -3.47. The SMILES string of the molecule is Cc1nc2nc(C3CCOC(C)C3)nc(-c3ccc(C(F)(F)F)cn3)c2nc1C.c1cnn(C2CC2)c1. The molecular weight excluding hydrogens is 483 g/mol. The molecule has 1 aliphatic carbocycles. The molecule has 1 saturated heterocycles. The molecule has 0 N–H and O–H groups in total. The van der Waals surface area contributed by atoms with E-state index in [1.807, 2.05) is 43.9 Å². The number of fused-ring (bicyclic) bond motifs is 1. The van der Waals surface area contributed by atoms with Crippen molar-refractivity contribution in [2.24, 2.45) is 0 Å². The van der Waals surface area contributed by atoms with E-state index in [-0.39, 0.29) is 12.0 Å². The second kappa shape index (κ2) is 10.1. The summed E-state index contributed by atoms with van der Waals surface area (Å²) in [7, 11) is 0. The van der Waals surface area contributed by atoms with Gasteiger partial charge >= 0.3 is 6.18 Å². The van der Waals surface area contributed by atoms with Crippen LogP contribution in [0.3, 0.4) is 0 Å². The van der Waals surface area contributed by atoms with Crippen LogP contribution in [0.25, 0.3) is 22.6 Å². The van der Waals surface area contributed by atoms with Crippen LogP contribution in [0.15, 0.2) is 36.8 Å². The van der Waals surface area contributed by atoms with Gasteiger partial charge in [-0.2, -0.15) is 18.3 Å². The van der Waals surface area contributed by atoms with Gasteiger partial charge in [-0.3, -0.25) is 9.67 Å². The largest absolute Gasteiger partial charge is 0.417 e. The quantitative estimate of drug-likeness (QED) is 0.353. The minimum Gasteiger partial charge on any atom is -0.378 e. The van der Waals surface area contributed by atoms with Crippen molar-refractivity contribution in [2.45, 2.75) is 70.7 Å². The lowest BCUT2D eigenvalue weighted by molar-refractivity contribution is -0.137. The maximum Gasteiger partial charge on any atom is 0.417 e. The van der Waals surface area contributed by atoms with Gasteiger partial charge in [-0.15, -0.1) is 0 Å². The Labute approximate surface area is 212 Å². The molecule has 2 unspecified atom stereocenters. The number of aromatic nitrogens is 7. The summed E-state index contributed by atoms with van der Waals surface area (Å²) in [5, 5.41) is 4.09. The number of alkyl halides is 3. The molecule has 1 saturated carbocycles. The predicted molar refractivity (Wildman–Crippen MR) is 131 cm³/mol. The molecule has 6 rings (SSSR count). The summed E-state index contributed by atoms with van der Waals surface area (Å²) in [6, 6.07) is 5.03. The van der Waals surface area contributed by atoms with E-state index in [4.69, 9.17) is 4.74 Å². The van der Waals surface area contributed by atoms with Crippen LogP contribution in [0.4, 0.5) is 13.2 Å². The van der Waals surface area contributed by atoms with Gasteiger partial charge in [0.15, 0.2) is 5.65 Å². The molecular formula is C26H28F3N7O. The van der Waals surface area contributed by atoms with Gasteiger partial charge in [0.25, 0.3) is 0 Å². The molecule has 11 heteroatoms. The van der Waals surface area contributed by atoms with E-state index in [1.54, 1.807) is 0 Å². The number of aryl methyl sites for hydroxylation is 2. The van der Waals surface area contributed by atoms with Crippen molar-refractivity contribution in [2.75, 3.05) is 6.61 Å². The van der Waals surface area contributed by atoms with Crippen molar-refractivity contribution in [1.82, 2.24) is 34.7 Å². The lowest BCUT2D eigenvalue weighted by atomic mass is 9.95. The molecule has 0 spiro atoms. The number of hydrogen-bond acceptors (Lipinski definition) is 7. The zero-order valence-electron chi connectivity index (χ0n) is 20.9. The van der Waals surface area contributed by atoms with Gasteiger partial charge in [-0.05, 0) is 64.7 Å². The Morgan fingerprint density at radius 3 is 2.41 bits per heavy atom. The zero-order valence-corrected chi connectivity index (χ0v) is 20.9. The second-order valence-electron chi connectivity index (χ2n) is 9.55. The molecule has 4 aromatic rings. The van der Waals surface area contributed by atoms with Gasteiger partial charge in [0, 0.05) is 31.1 Å². The van der Waals surface area contributed by atoms with Crippen LogP contribution in [0.5, 0.6) is 0 Å². The van der Waals surface area contributed by atoms with Crippen LogP contribution in [0, 0.1) is 13.8 Å². The normalized spacial score (nSPS) is 19.9. The molecule has 2 atom stereocenters. The summed E-state index contributed by atoms with van der Waals surface area (Å²) in [6.07, 6.45) is 4.49. The Balaban J connectivity index is 0.000000295. The third-order valence-corrected chi connectivity index (χ3v) is 6.59. The fourth-order valence-corrected chi connectivity index (χ4v) is 4.26. The second-order valence-corrected chi connectivity index (χ2v) is 9.55. The monoisotopic (exact) mass is 511 g/mol. The summed E-state index contributed by atoms with van der Waals surface area (Å²) in [5.41, 5.74) is 2.21. The van der Waals surface area contributed by atoms with Crippen LogP contribution in [-0.2, 0) is 10.9 Å². The first-order valence-corrected chi connectivity index (χ1v) is 12.4. The van der Waals surface area contributed by atoms with Crippen LogP contribution >= 0.6 is 0 Å². The molecule has 0 amide bonds. The molecule has 4 aromatic heterocycles. The van der Waals surface area contributed by atoms with Crippen LogP contribution in [-0.4, -0.2) is 47.4 Å². The molecule has 2 fully saturated rings. The van der Waals surface area contributed by atoms with Crippen molar-refractivity contribution < 1.29 is 17.9 Å². The van der Waals surface area contributed by atoms with Crippen LogP contribution < -0.4 is 0 Å². The summed E-state index contributed by atoms with van der Waals surface area (Å²) >= 11 is 0. The van der Waals surface area contributed by atoms with Crippen molar-refractivity contribution in [1.29, 1.82) is 0 Å². The summed E-state index contributed by atoms with van der Waals surface area (Å²) in [4.78, 5) is 22.4. The molecule has 0 radical (unpaired) electrons. The van der Waals surface area contributed by atoms with Gasteiger partial charge in [0.2, 0.25) is 0 Å². The van der Waals surface area contributed by atoms with E-state index < -0.39 is 11.7 Å². The number of nitrogens with zero attached hydrogens (tertiary/aromatic N) is 7. The fourth-order valence-electron chi connectivity index (χ4n) is 4.26. The minimum atomic E-state index is -4.45. The Bertz CT molecular complexity index is 1370. The lowest BCUT2D eigenvalue weighted by Crippen LogP contribution is -2.23. The first-order chi connectivity index (χ1) is 17.7. The van der Waals surface area contributed by atoms with E-state index >= 15 is 0 Å². The Kier molecular flexibility index (Phi) is 6.89. The van der Waals surface area contributed by atoms with Gasteiger partial charge in [-0.25, -0.2) is 19.9 Å². The zero-order chi connectivity index (χ0) is 26.2. The maximum absolute atomic E-state index is 12.9. The summed E-state index contributed by atoms with van der Waals surface area (Å²) in [6.45, 7) is 6.27. The molecule has 1 aliphatic heterocycles. The molecule has 8 nitrogen and oxygen atoms in total. The minimum absolute atomic E-state index is 0.0831. The first-order valence-electron chi connectivity index (χ1n) is 12.4. The van der Waals surface area contributed by atoms with Crippen LogP contribution in [0.2, 0.25) is 0 Å². The van der Waals surface area contributed by atoms with E-state index in [0.29, 0.717) is 40.7 Å². The highest BCUT2D eigenvalue weighted by molar-refractivity contribution is 5.85. The Morgan fingerprint density at radius 1 is 1.00 bits per heavy atom. The van der Waals surface area contributed by atoms with Crippen molar-refractivity contribution in [3.05, 3.63) is 59.6 Å². The summed E-state index contributed by atoms with van der Waals surface area (Å²) < 4.78 is 46.4. The van der Waals surface area contributed by atoms with Crippen molar-refractivity contribution in [3.8, 4) is 11.4 Å². The third-order valence-electron chi connectivity index (χ3n) is 6.59. The van der Waals surface area contributed by atoms with Gasteiger partial charge in [0.1, 0.15) is 17.0 Å². The van der Waals surface area contributed by atoms with E-state index in [1.165, 1.54) is 18.9 Å². The maximum atomic E-state index is 12.9. The van der Waals surface area contributed by atoms with Gasteiger partial charge < -0.3 is 4.74 Å². The van der Waals surface area contributed by atoms with E-state index in [2.05, 4.69) is 30.0 Å². The molecule has 5 heterocycles. The number of pyridine rings is 1. The predicted octanol–water partition coefficient (Wildman–Crippen LogP) is 5.62. The smallest absolute Gasteiger partial charge is 0.378 e. The van der Waals surface area contributed by atoms with E-state index in [0.717, 1.165) is 36.8 Å². The van der Waals surface area contributed by atoms with Crippen molar-refractivity contribution >= 4 is 11.2 Å². The van der Waals surface area contributed by atoms with Gasteiger partial charge in [0.05, 0.1) is 34.8 Å². The molecule has 2 aliphatic rings. The number of halogens is 3. The number of hydrogen-bond donors (Lipinski definition) is 0. The third kappa shape index (κ3) is 5.76. The highest BCUT2D eigenvalue weighted by atomic mass is 19.4. The standard InChI is InChI=1S/C20H20F3N5O.C6H8N2/c1-10-8-13(6-7-29-10)18-27-16(15-5-4-14(9-24-15)20(21,22)23)17-19(28-18)26-12(3)11(2)25-17;1-4-7-8(5-1)6-2-3-6/h4-5,9-10,13H,6-8H2,1-3H3;1,4-6H,2-3H2. The average Bonchev–Trinajstić information content (AvgIpc) is 3.58. The highest BCUT2D eigenvalue weighted by Crippen LogP contribution is 2.34. The topological polar surface area (TPSA) is 91.5 Å². The Morgan fingerprint density at radius 2 is 1.78 bits per heavy atom. The lowest BCUT2D eigenvalue weighted by Gasteiger charge is -2.26. The van der Waals surface area contributed by atoms with Gasteiger partial charge in [-0.1, -0.05) is 0 Å².